The van der Waals surface area contributed by atoms with E-state index in [-0.39, 0.29) is 6.04 Å². The van der Waals surface area contributed by atoms with Crippen molar-refractivity contribution in [2.75, 3.05) is 21.3 Å². The van der Waals surface area contributed by atoms with E-state index in [9.17, 15) is 0 Å². The Morgan fingerprint density at radius 1 is 1.15 bits per heavy atom. The van der Waals surface area contributed by atoms with Gasteiger partial charge in [-0.05, 0) is 43.8 Å². The number of hydrogen-bond acceptors (Lipinski definition) is 4. The minimum Gasteiger partial charge on any atom is -0.493 e. The molecule has 3 nitrogen and oxygen atoms in total. The number of aryl methyl sites for hydroxylation is 1. The fraction of sp³-hybridized carbons (Fsp3) is 0.333. The summed E-state index contributed by atoms with van der Waals surface area (Å²) in [6, 6.07) is 8.38. The van der Waals surface area contributed by atoms with Crippen LogP contribution in [-0.2, 0) is 0 Å². The van der Waals surface area contributed by atoms with Gasteiger partial charge in [-0.25, -0.2) is 0 Å². The zero-order chi connectivity index (χ0) is 14.7. The van der Waals surface area contributed by atoms with E-state index in [0.29, 0.717) is 0 Å². The summed E-state index contributed by atoms with van der Waals surface area (Å²) in [4.78, 5) is 2.58. The lowest BCUT2D eigenvalue weighted by molar-refractivity contribution is 0.354. The number of halogens is 1. The van der Waals surface area contributed by atoms with Crippen molar-refractivity contribution >= 4 is 27.3 Å². The van der Waals surface area contributed by atoms with Gasteiger partial charge in [0.1, 0.15) is 0 Å². The maximum Gasteiger partial charge on any atom is 0.161 e. The Labute approximate surface area is 132 Å². The Balaban J connectivity index is 2.49. The lowest BCUT2D eigenvalue weighted by atomic mass is 10.0. The largest absolute Gasteiger partial charge is 0.493 e. The maximum absolute atomic E-state index is 5.40. The van der Waals surface area contributed by atoms with Crippen LogP contribution in [0.2, 0.25) is 0 Å². The lowest BCUT2D eigenvalue weighted by Crippen LogP contribution is -2.17. The molecule has 5 heteroatoms. The number of hydrogen-bond donors (Lipinski definition) is 1. The Bertz CT molecular complexity index is 598. The van der Waals surface area contributed by atoms with E-state index < -0.39 is 0 Å². The van der Waals surface area contributed by atoms with E-state index in [2.05, 4.69) is 40.3 Å². The van der Waals surface area contributed by atoms with Crippen molar-refractivity contribution in [2.24, 2.45) is 0 Å². The Morgan fingerprint density at radius 2 is 1.80 bits per heavy atom. The summed E-state index contributed by atoms with van der Waals surface area (Å²) in [6.07, 6.45) is 0. The summed E-state index contributed by atoms with van der Waals surface area (Å²) >= 11 is 5.42. The van der Waals surface area contributed by atoms with Crippen LogP contribution in [0.1, 0.15) is 21.4 Å². The number of benzene rings is 1. The van der Waals surface area contributed by atoms with Gasteiger partial charge < -0.3 is 14.8 Å². The van der Waals surface area contributed by atoms with Gasteiger partial charge in [0.05, 0.1) is 20.3 Å². The van der Waals surface area contributed by atoms with Crippen LogP contribution in [0.25, 0.3) is 0 Å². The highest BCUT2D eigenvalue weighted by molar-refractivity contribution is 9.10. The standard InChI is InChI=1S/C15H18BrNO2S/c1-9-5-6-14(20-9)15(17-2)10-7-12(18-3)13(19-4)8-11(10)16/h5-8,15,17H,1-4H3. The molecule has 0 aliphatic heterocycles. The molecule has 2 rings (SSSR count). The van der Waals surface area contributed by atoms with Crippen LogP contribution in [-0.4, -0.2) is 21.3 Å². The molecule has 20 heavy (non-hydrogen) atoms. The van der Waals surface area contributed by atoms with Crippen LogP contribution in [0.15, 0.2) is 28.7 Å². The first-order chi connectivity index (χ1) is 9.60. The second-order valence-electron chi connectivity index (χ2n) is 4.40. The first kappa shape index (κ1) is 15.4. The van der Waals surface area contributed by atoms with Crippen LogP contribution in [0, 0.1) is 6.92 Å². The molecule has 0 radical (unpaired) electrons. The third-order valence-corrected chi connectivity index (χ3v) is 4.90. The van der Waals surface area contributed by atoms with Gasteiger partial charge in [-0.3, -0.25) is 0 Å². The summed E-state index contributed by atoms with van der Waals surface area (Å²) in [5.41, 5.74) is 1.13. The molecule has 0 aliphatic carbocycles. The van der Waals surface area contributed by atoms with E-state index in [1.807, 2.05) is 19.2 Å². The van der Waals surface area contributed by atoms with Gasteiger partial charge in [0.15, 0.2) is 11.5 Å². The molecule has 0 fully saturated rings. The molecular formula is C15H18BrNO2S. The molecule has 0 saturated heterocycles. The molecule has 1 N–H and O–H groups in total. The van der Waals surface area contributed by atoms with Gasteiger partial charge in [-0.1, -0.05) is 15.9 Å². The second kappa shape index (κ2) is 6.61. The smallest absolute Gasteiger partial charge is 0.161 e. The number of thiophene rings is 1. The SMILES string of the molecule is CNC(c1ccc(C)s1)c1cc(OC)c(OC)cc1Br. The molecule has 1 aromatic carbocycles. The number of nitrogens with one attached hydrogen (secondary N) is 1. The van der Waals surface area contributed by atoms with Crippen molar-refractivity contribution in [1.82, 2.24) is 5.32 Å². The topological polar surface area (TPSA) is 30.5 Å². The van der Waals surface area contributed by atoms with Crippen LogP contribution in [0.5, 0.6) is 11.5 Å². The van der Waals surface area contributed by atoms with Gasteiger partial charge in [-0.15, -0.1) is 11.3 Å². The molecule has 0 saturated carbocycles. The molecule has 1 aromatic heterocycles. The third-order valence-electron chi connectivity index (χ3n) is 3.15. The lowest BCUT2D eigenvalue weighted by Gasteiger charge is -2.19. The fourth-order valence-corrected chi connectivity index (χ4v) is 3.71. The molecule has 108 valence electrons. The van der Waals surface area contributed by atoms with E-state index in [1.165, 1.54) is 9.75 Å². The monoisotopic (exact) mass is 355 g/mol. The number of methoxy groups -OCH3 is 2. The van der Waals surface area contributed by atoms with Crippen LogP contribution in [0.3, 0.4) is 0 Å². The van der Waals surface area contributed by atoms with E-state index in [0.717, 1.165) is 21.5 Å². The van der Waals surface area contributed by atoms with Crippen molar-refractivity contribution in [3.63, 3.8) is 0 Å². The Morgan fingerprint density at radius 3 is 2.30 bits per heavy atom. The van der Waals surface area contributed by atoms with Crippen LogP contribution in [0.4, 0.5) is 0 Å². The average molecular weight is 356 g/mol. The quantitative estimate of drug-likeness (QED) is 0.873. The van der Waals surface area contributed by atoms with Gasteiger partial charge in [0, 0.05) is 14.2 Å². The molecule has 0 spiro atoms. The molecule has 1 unspecified atom stereocenters. The Hall–Kier alpha value is -1.04. The first-order valence-electron chi connectivity index (χ1n) is 6.25. The predicted molar refractivity (Wildman–Crippen MR) is 87.2 cm³/mol. The molecule has 1 atom stereocenters. The van der Waals surface area contributed by atoms with Crippen molar-refractivity contribution in [1.29, 1.82) is 0 Å². The predicted octanol–water partition coefficient (Wildman–Crippen LogP) is 4.15. The minimum absolute atomic E-state index is 0.128. The van der Waals surface area contributed by atoms with Gasteiger partial charge in [0.2, 0.25) is 0 Å². The molecule has 2 aromatic rings. The van der Waals surface area contributed by atoms with Crippen LogP contribution < -0.4 is 14.8 Å². The molecule has 0 bridgehead atoms. The summed E-state index contributed by atoms with van der Waals surface area (Å²) in [5.74, 6) is 1.46. The normalized spacial score (nSPS) is 12.2. The molecule has 0 aliphatic rings. The first-order valence-corrected chi connectivity index (χ1v) is 7.86. The zero-order valence-corrected chi connectivity index (χ0v) is 14.4. The number of rotatable bonds is 5. The van der Waals surface area contributed by atoms with Crippen molar-refractivity contribution in [3.05, 3.63) is 44.1 Å². The molecular weight excluding hydrogens is 338 g/mol. The Kier molecular flexibility index (Phi) is 5.07. The summed E-state index contributed by atoms with van der Waals surface area (Å²) in [6.45, 7) is 2.12. The highest BCUT2D eigenvalue weighted by Gasteiger charge is 2.19. The highest BCUT2D eigenvalue weighted by atomic mass is 79.9. The second-order valence-corrected chi connectivity index (χ2v) is 6.57. The van der Waals surface area contributed by atoms with Crippen molar-refractivity contribution < 1.29 is 9.47 Å². The van der Waals surface area contributed by atoms with Crippen molar-refractivity contribution in [2.45, 2.75) is 13.0 Å². The summed E-state index contributed by atoms with van der Waals surface area (Å²) < 4.78 is 11.7. The summed E-state index contributed by atoms with van der Waals surface area (Å²) in [5, 5.41) is 3.36. The zero-order valence-electron chi connectivity index (χ0n) is 12.0. The molecule has 1 heterocycles. The molecule has 0 amide bonds. The average Bonchev–Trinajstić information content (AvgIpc) is 2.87. The van der Waals surface area contributed by atoms with E-state index >= 15 is 0 Å². The van der Waals surface area contributed by atoms with Crippen molar-refractivity contribution in [3.8, 4) is 11.5 Å². The van der Waals surface area contributed by atoms with Gasteiger partial charge in [-0.2, -0.15) is 0 Å². The highest BCUT2D eigenvalue weighted by Crippen LogP contribution is 2.39. The fourth-order valence-electron chi connectivity index (χ4n) is 2.15. The van der Waals surface area contributed by atoms with Gasteiger partial charge in [0.25, 0.3) is 0 Å². The third kappa shape index (κ3) is 3.00. The summed E-state index contributed by atoms with van der Waals surface area (Å²) in [7, 11) is 5.25. The van der Waals surface area contributed by atoms with Crippen LogP contribution >= 0.6 is 27.3 Å². The number of ether oxygens (including phenoxy) is 2. The van der Waals surface area contributed by atoms with E-state index in [4.69, 9.17) is 9.47 Å². The van der Waals surface area contributed by atoms with Gasteiger partial charge >= 0.3 is 0 Å². The van der Waals surface area contributed by atoms with E-state index in [1.54, 1.807) is 25.6 Å². The maximum atomic E-state index is 5.40. The minimum atomic E-state index is 0.128.